The average molecular weight is 1300 g/mol. The van der Waals surface area contributed by atoms with Gasteiger partial charge in [0.25, 0.3) is 0 Å². The molecule has 6 aliphatic rings. The smallest absolute Gasteiger partial charge is 0.302 e. The molecule has 0 N–H and O–H groups in total. The van der Waals surface area contributed by atoms with E-state index in [-0.39, 0.29) is 52.2 Å². The van der Waals surface area contributed by atoms with Crippen molar-refractivity contribution in [3.05, 3.63) is 213 Å². The molecule has 5 aromatic carbocycles. The Kier molecular flexibility index (Phi) is 25.1. The van der Waals surface area contributed by atoms with Crippen molar-refractivity contribution in [1.29, 1.82) is 0 Å². The van der Waals surface area contributed by atoms with Crippen LogP contribution in [0.2, 0.25) is 0 Å². The molecular weight excluding hydrogens is 1210 g/mol. The number of esters is 1. The van der Waals surface area contributed by atoms with Crippen molar-refractivity contribution in [2.45, 2.75) is 203 Å². The lowest BCUT2D eigenvalue weighted by atomic mass is 9.82. The number of azide groups is 2. The van der Waals surface area contributed by atoms with Crippen molar-refractivity contribution >= 4 is 5.97 Å². The molecule has 0 aromatic heterocycles. The summed E-state index contributed by atoms with van der Waals surface area (Å²) in [6.07, 6.45) is -12.9. The summed E-state index contributed by atoms with van der Waals surface area (Å²) in [5.41, 5.74) is 25.0. The number of ether oxygens (including phenoxy) is 16. The second kappa shape index (κ2) is 34.3. The van der Waals surface area contributed by atoms with Crippen LogP contribution in [0.15, 0.2) is 175 Å². The third kappa shape index (κ3) is 17.5. The molecule has 6 heterocycles. The molecule has 23 nitrogen and oxygen atoms in total. The highest BCUT2D eigenvalue weighted by molar-refractivity contribution is 5.65. The summed E-state index contributed by atoms with van der Waals surface area (Å²) in [6.45, 7) is 11.6. The van der Waals surface area contributed by atoms with Crippen LogP contribution in [0.25, 0.3) is 20.9 Å². The lowest BCUT2D eigenvalue weighted by Gasteiger charge is -2.54. The van der Waals surface area contributed by atoms with Crippen LogP contribution in [-0.2, 0) is 100 Å². The second-order valence-corrected chi connectivity index (χ2v) is 24.6. The van der Waals surface area contributed by atoms with Gasteiger partial charge in [0.15, 0.2) is 37.7 Å². The van der Waals surface area contributed by atoms with E-state index in [0.29, 0.717) is 12.0 Å². The van der Waals surface area contributed by atoms with Crippen LogP contribution in [-0.4, -0.2) is 143 Å². The molecule has 0 saturated carbocycles. The number of carbonyl (C=O) groups is 1. The Hall–Kier alpha value is -6.67. The maximum atomic E-state index is 12.4. The van der Waals surface area contributed by atoms with E-state index in [2.05, 4.69) is 26.6 Å². The van der Waals surface area contributed by atoms with Gasteiger partial charge >= 0.3 is 5.97 Å². The largest absolute Gasteiger partial charge is 0.463 e. The number of nitrogens with zero attached hydrogens (tertiary/aromatic N) is 6. The van der Waals surface area contributed by atoms with Crippen molar-refractivity contribution in [3.63, 3.8) is 0 Å². The minimum Gasteiger partial charge on any atom is -0.463 e. The zero-order chi connectivity index (χ0) is 65.2. The lowest BCUT2D eigenvalue weighted by molar-refractivity contribution is -0.425. The molecule has 0 amide bonds. The number of allylic oxidation sites excluding steroid dienone is 1. The molecule has 23 heteroatoms. The van der Waals surface area contributed by atoms with Gasteiger partial charge in [-0.3, -0.25) is 4.79 Å². The molecule has 502 valence electrons. The Bertz CT molecular complexity index is 3220. The molecule has 0 radical (unpaired) electrons. The number of fused-ring (bicyclic) bond motifs is 2. The first kappa shape index (κ1) is 68.7. The maximum absolute atomic E-state index is 12.4. The van der Waals surface area contributed by atoms with Gasteiger partial charge in [-0.05, 0) is 65.8 Å². The maximum Gasteiger partial charge on any atom is 0.302 e. The third-order valence-electron chi connectivity index (χ3n) is 18.1. The number of benzene rings is 5. The van der Waals surface area contributed by atoms with Gasteiger partial charge in [-0.25, -0.2) is 0 Å². The zero-order valence-electron chi connectivity index (χ0n) is 53.5. The van der Waals surface area contributed by atoms with Crippen LogP contribution >= 0.6 is 0 Å². The van der Waals surface area contributed by atoms with E-state index in [4.69, 9.17) is 75.8 Å². The molecule has 11 rings (SSSR count). The van der Waals surface area contributed by atoms with Crippen LogP contribution in [0.3, 0.4) is 0 Å². The summed E-state index contributed by atoms with van der Waals surface area (Å²) in [7, 11) is 0. The Morgan fingerprint density at radius 3 is 1.54 bits per heavy atom. The number of unbranched alkanes of at least 4 members (excludes halogenated alkanes) is 4. The molecule has 6 saturated heterocycles. The molecule has 0 aliphatic carbocycles. The summed E-state index contributed by atoms with van der Waals surface area (Å²) in [5, 5.41) is 8.73. The van der Waals surface area contributed by atoms with Gasteiger partial charge in [-0.1, -0.05) is 195 Å². The molecule has 22 atom stereocenters. The third-order valence-corrected chi connectivity index (χ3v) is 18.1. The molecule has 5 aromatic rings. The van der Waals surface area contributed by atoms with Crippen LogP contribution in [0.1, 0.15) is 100 Å². The monoisotopic (exact) mass is 1290 g/mol. The van der Waals surface area contributed by atoms with Gasteiger partial charge in [-0.15, -0.1) is 6.58 Å². The SMILES string of the molecule is C=CCCCCCCO[C@@H]1OC2COC(c3ccccc3)O[C@@H]2[C@H](O[C@@H]2OC3COC(c4ccccc4)O[C@@H]3[C@H](O[C@@H]3OC(COC(C)=O)[C@H](C)[C@H](C)C3N=[N+]=[N-])C2O[C@@H]2OC(C)[C@H](OCc3ccccc3)[C@@H](OCc3ccccc3)C2OCc2ccccc2)C1N=[N+]=[N-]. The predicted octanol–water partition coefficient (Wildman–Crippen LogP) is 12.4. The molecule has 6 aliphatic heterocycles. The highest BCUT2D eigenvalue weighted by Gasteiger charge is 2.60. The lowest BCUT2D eigenvalue weighted by Crippen LogP contribution is -2.69. The highest BCUT2D eigenvalue weighted by atomic mass is 16.8. The Morgan fingerprint density at radius 1 is 0.511 bits per heavy atom. The van der Waals surface area contributed by atoms with E-state index in [0.717, 1.165) is 47.9 Å². The quantitative estimate of drug-likeness (QED) is 0.0108. The molecule has 94 heavy (non-hydrogen) atoms. The van der Waals surface area contributed by atoms with Crippen molar-refractivity contribution in [2.75, 3.05) is 26.4 Å². The number of hydrogen-bond acceptors (Lipinski definition) is 19. The summed E-state index contributed by atoms with van der Waals surface area (Å²) in [5.74, 6) is -1.19. The van der Waals surface area contributed by atoms with Gasteiger partial charge in [0, 0.05) is 34.5 Å². The second-order valence-electron chi connectivity index (χ2n) is 24.6. The predicted molar refractivity (Wildman–Crippen MR) is 340 cm³/mol. The van der Waals surface area contributed by atoms with Crippen molar-refractivity contribution in [3.8, 4) is 0 Å². The van der Waals surface area contributed by atoms with Crippen molar-refractivity contribution < 1.29 is 80.6 Å². The van der Waals surface area contributed by atoms with Crippen LogP contribution in [0.4, 0.5) is 0 Å². The van der Waals surface area contributed by atoms with E-state index in [1.54, 1.807) is 0 Å². The molecule has 0 spiro atoms. The highest BCUT2D eigenvalue weighted by Crippen LogP contribution is 2.45. The minimum absolute atomic E-state index is 0.0377. The van der Waals surface area contributed by atoms with Gasteiger partial charge < -0.3 is 75.8 Å². The van der Waals surface area contributed by atoms with Gasteiger partial charge in [0.2, 0.25) is 0 Å². The number of hydrogen-bond donors (Lipinski definition) is 0. The average Bonchev–Trinajstić information content (AvgIpc) is 0.754. The van der Waals surface area contributed by atoms with E-state index in [9.17, 15) is 15.9 Å². The fourth-order valence-electron chi connectivity index (χ4n) is 12.9. The number of carbonyl (C=O) groups excluding carboxylic acids is 1. The Morgan fingerprint density at radius 2 is 0.989 bits per heavy atom. The summed E-state index contributed by atoms with van der Waals surface area (Å²) >= 11 is 0. The van der Waals surface area contributed by atoms with Gasteiger partial charge in [-0.2, -0.15) is 0 Å². The van der Waals surface area contributed by atoms with Crippen LogP contribution < -0.4 is 0 Å². The van der Waals surface area contributed by atoms with Gasteiger partial charge in [0.1, 0.15) is 73.7 Å². The van der Waals surface area contributed by atoms with E-state index < -0.39 is 135 Å². The molecular formula is C71H86N6O17. The first-order valence-electron chi connectivity index (χ1n) is 32.7. The first-order chi connectivity index (χ1) is 46.1. The van der Waals surface area contributed by atoms with E-state index in [1.807, 2.05) is 179 Å². The number of rotatable bonds is 29. The summed E-state index contributed by atoms with van der Waals surface area (Å²) < 4.78 is 111. The normalized spacial score (nSPS) is 33.9. The topological polar surface area (TPSA) is 262 Å². The molecule has 0 bridgehead atoms. The van der Waals surface area contributed by atoms with Gasteiger partial charge in [0.05, 0.1) is 51.3 Å². The summed E-state index contributed by atoms with van der Waals surface area (Å²) in [6, 6.07) is 46.1. The Balaban J connectivity index is 1.04. The zero-order valence-corrected chi connectivity index (χ0v) is 53.5. The Labute approximate surface area is 548 Å². The minimum atomic E-state index is -1.53. The summed E-state index contributed by atoms with van der Waals surface area (Å²) in [4.78, 5) is 19.1. The van der Waals surface area contributed by atoms with Crippen molar-refractivity contribution in [2.24, 2.45) is 22.1 Å². The fourth-order valence-corrected chi connectivity index (χ4v) is 12.9. The van der Waals surface area contributed by atoms with Crippen molar-refractivity contribution in [1.82, 2.24) is 0 Å². The standard InChI is InChI=1S/C71H86N6O17/c1-6-7-8-9-10-26-37-79-68-57(75-77-73)61(59-54(88-68)42-84-66(90-59)51-33-22-14-23-34-51)92-71-65(63(60-55(89-71)43-85-67(91-60)52-35-24-15-25-36-52)93-69-56(74-76-72)45(3)44(2)53(87-69)41-80-47(5)78)94-70-64(83-40-50-31-20-13-21-32-50)62(82-39-49-29-18-12-19-30-49)58(46(4)86-70)81-38-48-27-16-11-17-28-48/h6,11-25,27-36,44-46,53-71H,1,7-10,26,37-43H2,2-5H3/t44-,45+,46?,53?,54?,55?,56?,57?,58+,59+,60+,61-,62-,63+,64?,65?,66?,67?,68-,69+,70+,71+/m1/s1. The molecule has 10 unspecified atom stereocenters. The van der Waals surface area contributed by atoms with Crippen LogP contribution in [0.5, 0.6) is 0 Å². The van der Waals surface area contributed by atoms with E-state index >= 15 is 0 Å². The fraction of sp³-hybridized carbons (Fsp3) is 0.535. The first-order valence-corrected chi connectivity index (χ1v) is 32.7. The molecule has 6 fully saturated rings. The van der Waals surface area contributed by atoms with Crippen LogP contribution in [0, 0.1) is 11.8 Å². The van der Waals surface area contributed by atoms with E-state index in [1.165, 1.54) is 6.92 Å².